The number of hydrogen-bond acceptors (Lipinski definition) is 7. The highest BCUT2D eigenvalue weighted by Gasteiger charge is 2.56. The lowest BCUT2D eigenvalue weighted by molar-refractivity contribution is -0.0837. The lowest BCUT2D eigenvalue weighted by Crippen LogP contribution is -2.49. The standard InChI is InChI=1S/C10H10ClN3O6/c11-2-1-10(19)7(17)5(4-15)20-8(10)14-9(18)13-6(16)3-12-14/h3,5,7-8,15,17,19H,4H2,(H,13,16,18)/t5-,7+,8-,10?/m1/s1. The molecular weight excluding hydrogens is 294 g/mol. The van der Waals surface area contributed by atoms with Crippen molar-refractivity contribution in [3.05, 3.63) is 27.0 Å². The van der Waals surface area contributed by atoms with E-state index in [2.05, 4.69) is 11.0 Å². The van der Waals surface area contributed by atoms with E-state index in [1.807, 2.05) is 10.4 Å². The molecule has 1 aromatic heterocycles. The molecule has 1 saturated heterocycles. The van der Waals surface area contributed by atoms with E-state index in [-0.39, 0.29) is 0 Å². The maximum absolute atomic E-state index is 11.6. The first-order valence-corrected chi connectivity index (χ1v) is 5.79. The number of aliphatic hydroxyl groups excluding tert-OH is 2. The summed E-state index contributed by atoms with van der Waals surface area (Å²) in [5.41, 5.74) is -3.97. The van der Waals surface area contributed by atoms with E-state index in [1.165, 1.54) is 0 Å². The van der Waals surface area contributed by atoms with Crippen LogP contribution in [0.4, 0.5) is 0 Å². The highest BCUT2D eigenvalue weighted by Crippen LogP contribution is 2.36. The molecule has 1 aromatic rings. The summed E-state index contributed by atoms with van der Waals surface area (Å²) in [7, 11) is 0. The third-order valence-corrected chi connectivity index (χ3v) is 2.96. The van der Waals surface area contributed by atoms with Crippen molar-refractivity contribution in [2.24, 2.45) is 0 Å². The number of aromatic amines is 1. The van der Waals surface area contributed by atoms with Gasteiger partial charge in [0.15, 0.2) is 6.23 Å². The van der Waals surface area contributed by atoms with Gasteiger partial charge in [0.05, 0.1) is 6.61 Å². The zero-order chi connectivity index (χ0) is 14.9. The predicted molar refractivity (Wildman–Crippen MR) is 64.7 cm³/mol. The first-order chi connectivity index (χ1) is 9.43. The number of halogens is 1. The Balaban J connectivity index is 2.55. The van der Waals surface area contributed by atoms with E-state index in [1.54, 1.807) is 0 Å². The molecule has 20 heavy (non-hydrogen) atoms. The number of hydrogen-bond donors (Lipinski definition) is 4. The largest absolute Gasteiger partial charge is 0.394 e. The molecule has 2 rings (SSSR count). The SMILES string of the molecule is O=c1cnn([C@@H]2O[C@H](CO)[C@H](O)C2(O)C#CCl)c(=O)[nH]1. The Kier molecular flexibility index (Phi) is 3.94. The van der Waals surface area contributed by atoms with Crippen LogP contribution >= 0.6 is 11.6 Å². The topological polar surface area (TPSA) is 138 Å². The van der Waals surface area contributed by atoms with E-state index in [0.717, 1.165) is 6.20 Å². The number of aliphatic hydroxyl groups is 3. The Bertz CT molecular complexity index is 676. The zero-order valence-corrected chi connectivity index (χ0v) is 10.6. The molecule has 0 bridgehead atoms. The second-order valence-electron chi connectivity index (χ2n) is 4.08. The smallest absolute Gasteiger partial charge is 0.347 e. The zero-order valence-electron chi connectivity index (χ0n) is 9.86. The highest BCUT2D eigenvalue weighted by atomic mass is 35.5. The van der Waals surface area contributed by atoms with Gasteiger partial charge in [-0.05, 0) is 17.5 Å². The van der Waals surface area contributed by atoms with Gasteiger partial charge >= 0.3 is 5.69 Å². The average Bonchev–Trinajstić information content (AvgIpc) is 2.63. The molecule has 0 aliphatic carbocycles. The molecule has 10 heteroatoms. The van der Waals surface area contributed by atoms with Crippen molar-refractivity contribution in [1.29, 1.82) is 0 Å². The Morgan fingerprint density at radius 1 is 1.60 bits per heavy atom. The van der Waals surface area contributed by atoms with E-state index < -0.39 is 41.9 Å². The molecule has 1 unspecified atom stereocenters. The van der Waals surface area contributed by atoms with Crippen LogP contribution in [0.1, 0.15) is 6.23 Å². The number of H-pyrrole nitrogens is 1. The summed E-state index contributed by atoms with van der Waals surface area (Å²) in [5, 5.41) is 34.7. The second-order valence-corrected chi connectivity index (χ2v) is 4.27. The normalized spacial score (nSPS) is 32.7. The number of ether oxygens (including phenoxy) is 1. The van der Waals surface area contributed by atoms with E-state index in [4.69, 9.17) is 21.4 Å². The van der Waals surface area contributed by atoms with Gasteiger partial charge in [-0.15, -0.1) is 0 Å². The van der Waals surface area contributed by atoms with Crippen molar-refractivity contribution in [2.45, 2.75) is 24.0 Å². The Labute approximate surface area is 116 Å². The summed E-state index contributed by atoms with van der Waals surface area (Å²) in [6.45, 7) is -0.623. The van der Waals surface area contributed by atoms with Gasteiger partial charge in [-0.2, -0.15) is 9.78 Å². The van der Waals surface area contributed by atoms with Crippen molar-refractivity contribution in [3.8, 4) is 11.3 Å². The van der Waals surface area contributed by atoms with Gasteiger partial charge in [0.2, 0.25) is 5.60 Å². The summed E-state index contributed by atoms with van der Waals surface area (Å²) < 4.78 is 5.76. The van der Waals surface area contributed by atoms with Gasteiger partial charge in [-0.3, -0.25) is 9.78 Å². The number of nitrogens with one attached hydrogen (secondary N) is 1. The summed E-state index contributed by atoms with van der Waals surface area (Å²) >= 11 is 5.23. The molecule has 9 nitrogen and oxygen atoms in total. The third kappa shape index (κ3) is 2.24. The van der Waals surface area contributed by atoms with Crippen LogP contribution in [0.3, 0.4) is 0 Å². The van der Waals surface area contributed by atoms with Crippen LogP contribution in [0, 0.1) is 11.3 Å². The van der Waals surface area contributed by atoms with Crippen LogP contribution in [0.2, 0.25) is 0 Å². The van der Waals surface area contributed by atoms with Crippen molar-refractivity contribution >= 4 is 11.6 Å². The molecule has 0 aromatic carbocycles. The Morgan fingerprint density at radius 2 is 2.30 bits per heavy atom. The molecule has 0 amide bonds. The van der Waals surface area contributed by atoms with Gasteiger partial charge in [-0.1, -0.05) is 0 Å². The molecule has 1 aliphatic heterocycles. The van der Waals surface area contributed by atoms with Gasteiger partial charge in [-0.25, -0.2) is 4.79 Å². The minimum Gasteiger partial charge on any atom is -0.394 e. The maximum atomic E-state index is 11.6. The van der Waals surface area contributed by atoms with Gasteiger partial charge in [0.1, 0.15) is 18.4 Å². The molecule has 4 N–H and O–H groups in total. The minimum atomic E-state index is -2.26. The van der Waals surface area contributed by atoms with E-state index in [0.29, 0.717) is 4.68 Å². The molecule has 0 radical (unpaired) electrons. The predicted octanol–water partition coefficient (Wildman–Crippen LogP) is -2.89. The van der Waals surface area contributed by atoms with Crippen LogP contribution in [0.25, 0.3) is 0 Å². The maximum Gasteiger partial charge on any atom is 0.347 e. The fourth-order valence-corrected chi connectivity index (χ4v) is 2.05. The molecule has 1 fully saturated rings. The van der Waals surface area contributed by atoms with Crippen LogP contribution in [-0.2, 0) is 4.74 Å². The number of nitrogens with zero attached hydrogens (tertiary/aromatic N) is 2. The molecule has 4 atom stereocenters. The molecule has 1 aliphatic rings. The van der Waals surface area contributed by atoms with Crippen molar-refractivity contribution in [3.63, 3.8) is 0 Å². The van der Waals surface area contributed by atoms with Crippen LogP contribution in [-0.4, -0.2) is 54.5 Å². The van der Waals surface area contributed by atoms with Gasteiger partial charge < -0.3 is 20.1 Å². The average molecular weight is 304 g/mol. The molecule has 0 saturated carbocycles. The summed E-state index contributed by atoms with van der Waals surface area (Å²) in [6.07, 6.45) is -3.56. The lowest BCUT2D eigenvalue weighted by Gasteiger charge is -2.25. The summed E-state index contributed by atoms with van der Waals surface area (Å²) in [6, 6.07) is 0. The fourth-order valence-electron chi connectivity index (χ4n) is 1.90. The first kappa shape index (κ1) is 14.7. The second kappa shape index (κ2) is 5.35. The quantitative estimate of drug-likeness (QED) is 0.430. The summed E-state index contributed by atoms with van der Waals surface area (Å²) in [5.74, 6) is 2.12. The van der Waals surface area contributed by atoms with Crippen molar-refractivity contribution in [2.75, 3.05) is 6.61 Å². The van der Waals surface area contributed by atoms with Crippen molar-refractivity contribution in [1.82, 2.24) is 14.8 Å². The third-order valence-electron chi connectivity index (χ3n) is 2.87. The monoisotopic (exact) mass is 303 g/mol. The summed E-state index contributed by atoms with van der Waals surface area (Å²) in [4.78, 5) is 24.5. The van der Waals surface area contributed by atoms with Crippen LogP contribution in [0.5, 0.6) is 0 Å². The van der Waals surface area contributed by atoms with Crippen LogP contribution in [0.15, 0.2) is 15.8 Å². The number of rotatable bonds is 2. The van der Waals surface area contributed by atoms with Gasteiger partial charge in [0.25, 0.3) is 5.56 Å². The Hall–Kier alpha value is -1.70. The van der Waals surface area contributed by atoms with Gasteiger partial charge in [0, 0.05) is 5.38 Å². The Morgan fingerprint density at radius 3 is 2.85 bits per heavy atom. The van der Waals surface area contributed by atoms with E-state index in [9.17, 15) is 19.8 Å². The fraction of sp³-hybridized carbons (Fsp3) is 0.500. The molecule has 0 spiro atoms. The van der Waals surface area contributed by atoms with Crippen molar-refractivity contribution < 1.29 is 20.1 Å². The van der Waals surface area contributed by atoms with Crippen LogP contribution < -0.4 is 11.2 Å². The molecule has 108 valence electrons. The van der Waals surface area contributed by atoms with E-state index >= 15 is 0 Å². The highest BCUT2D eigenvalue weighted by molar-refractivity contribution is 6.30. The molecule has 2 heterocycles. The lowest BCUT2D eigenvalue weighted by atomic mass is 9.95. The molecular formula is C10H10ClN3O6. The minimum absolute atomic E-state index is 0.599. The number of aromatic nitrogens is 3. The first-order valence-electron chi connectivity index (χ1n) is 5.41.